The molecule has 28 heavy (non-hydrogen) atoms. The third-order valence-electron chi connectivity index (χ3n) is 4.87. The van der Waals surface area contributed by atoms with Gasteiger partial charge in [0.1, 0.15) is 17.3 Å². The van der Waals surface area contributed by atoms with E-state index in [0.29, 0.717) is 18.3 Å². The minimum atomic E-state index is -4.05. The van der Waals surface area contributed by atoms with Gasteiger partial charge in [-0.2, -0.15) is 8.42 Å². The number of halogens is 1. The number of hydrogen-bond donors (Lipinski definition) is 1. The van der Waals surface area contributed by atoms with Crippen molar-refractivity contribution in [2.75, 3.05) is 18.0 Å². The lowest BCUT2D eigenvalue weighted by atomic mass is 10.1. The lowest BCUT2D eigenvalue weighted by molar-refractivity contribution is -0.701. The number of anilines is 1. The van der Waals surface area contributed by atoms with E-state index in [2.05, 4.69) is 24.1 Å². The molecule has 0 amide bonds. The molecule has 0 spiro atoms. The fourth-order valence-corrected chi connectivity index (χ4v) is 3.79. The Hall–Kier alpha value is -2.12. The van der Waals surface area contributed by atoms with Crippen LogP contribution in [0.2, 0.25) is 0 Å². The fraction of sp³-hybridized carbons (Fsp3) is 0.429. The average molecular weight is 410 g/mol. The predicted molar refractivity (Wildman–Crippen MR) is 110 cm³/mol. The molecular formula is C21H30FN2O3S+. The first-order valence-electron chi connectivity index (χ1n) is 9.71. The highest BCUT2D eigenvalue weighted by atomic mass is 32.2. The first-order chi connectivity index (χ1) is 13.3. The summed E-state index contributed by atoms with van der Waals surface area (Å²) in [7, 11) is -4.05. The molecule has 1 atom stereocenters. The molecule has 0 unspecified atom stereocenters. The summed E-state index contributed by atoms with van der Waals surface area (Å²) in [6.45, 7) is 10.6. The Morgan fingerprint density at radius 3 is 2.29 bits per heavy atom. The van der Waals surface area contributed by atoms with Gasteiger partial charge in [-0.05, 0) is 63.6 Å². The lowest BCUT2D eigenvalue weighted by Gasteiger charge is -2.22. The summed E-state index contributed by atoms with van der Waals surface area (Å²) < 4.78 is 44.1. The topological polar surface area (TPSA) is 63.2 Å². The van der Waals surface area contributed by atoms with Gasteiger partial charge < -0.3 is 14.4 Å². The Balaban J connectivity index is 2.39. The molecule has 7 heteroatoms. The van der Waals surface area contributed by atoms with Crippen LogP contribution in [0.3, 0.4) is 0 Å². The normalized spacial score (nSPS) is 12.6. The second-order valence-corrected chi connectivity index (χ2v) is 8.33. The van der Waals surface area contributed by atoms with Crippen LogP contribution in [-0.2, 0) is 16.7 Å². The van der Waals surface area contributed by atoms with Crippen LogP contribution in [0.25, 0.3) is 0 Å². The van der Waals surface area contributed by atoms with Crippen LogP contribution in [0, 0.1) is 5.82 Å². The van der Waals surface area contributed by atoms with Crippen molar-refractivity contribution in [1.82, 2.24) is 0 Å². The van der Waals surface area contributed by atoms with Crippen molar-refractivity contribution in [3.8, 4) is 5.75 Å². The van der Waals surface area contributed by atoms with Gasteiger partial charge in [0.25, 0.3) is 0 Å². The standard InChI is InChI=1S/C21H29FN2O3S/c1-5-16(4)23-15-17-8-11-19(24(6-2)7-3)14-21(17)27-28(25,26)20-12-9-18(22)10-13-20/h8-14,16,23H,5-7,15H2,1-4H3/p+1/t16-/m1/s1. The van der Waals surface area contributed by atoms with Crippen molar-refractivity contribution in [3.63, 3.8) is 0 Å². The number of hydrogen-bond acceptors (Lipinski definition) is 4. The Bertz CT molecular complexity index is 866. The highest BCUT2D eigenvalue weighted by Crippen LogP contribution is 2.28. The molecule has 2 rings (SSSR count). The van der Waals surface area contributed by atoms with E-state index in [1.165, 1.54) is 12.1 Å². The van der Waals surface area contributed by atoms with Crippen molar-refractivity contribution in [2.45, 2.75) is 51.6 Å². The molecule has 0 bridgehead atoms. The summed E-state index contributed by atoms with van der Waals surface area (Å²) in [6, 6.07) is 10.7. The van der Waals surface area contributed by atoms with E-state index in [-0.39, 0.29) is 4.90 Å². The maximum Gasteiger partial charge on any atom is 0.339 e. The molecule has 0 heterocycles. The molecule has 2 N–H and O–H groups in total. The van der Waals surface area contributed by atoms with E-state index >= 15 is 0 Å². The number of quaternary nitrogens is 1. The monoisotopic (exact) mass is 409 g/mol. The van der Waals surface area contributed by atoms with Crippen LogP contribution in [0.15, 0.2) is 47.4 Å². The largest absolute Gasteiger partial charge is 0.378 e. The first-order valence-corrected chi connectivity index (χ1v) is 11.1. The van der Waals surface area contributed by atoms with Crippen molar-refractivity contribution in [3.05, 3.63) is 53.8 Å². The van der Waals surface area contributed by atoms with Crippen LogP contribution < -0.4 is 14.4 Å². The molecule has 5 nitrogen and oxygen atoms in total. The Labute approximate surface area is 167 Å². The van der Waals surface area contributed by atoms with Gasteiger partial charge in [-0.3, -0.25) is 0 Å². The summed E-state index contributed by atoms with van der Waals surface area (Å²) in [6.07, 6.45) is 1.02. The molecular weight excluding hydrogens is 379 g/mol. The SMILES string of the molecule is CC[C@@H](C)[NH2+]Cc1ccc(N(CC)CC)cc1OS(=O)(=O)c1ccc(F)cc1. The highest BCUT2D eigenvalue weighted by Gasteiger charge is 2.20. The molecule has 2 aromatic carbocycles. The summed E-state index contributed by atoms with van der Waals surface area (Å²) in [5.41, 5.74) is 1.71. The van der Waals surface area contributed by atoms with Gasteiger partial charge in [0.15, 0.2) is 5.75 Å². The van der Waals surface area contributed by atoms with Crippen molar-refractivity contribution in [2.24, 2.45) is 0 Å². The molecule has 0 aliphatic carbocycles. The minimum absolute atomic E-state index is 0.0704. The summed E-state index contributed by atoms with van der Waals surface area (Å²) in [5.74, 6) is -0.181. The fourth-order valence-electron chi connectivity index (χ4n) is 2.84. The Kier molecular flexibility index (Phi) is 7.83. The van der Waals surface area contributed by atoms with Crippen LogP contribution in [-0.4, -0.2) is 27.5 Å². The summed E-state index contributed by atoms with van der Waals surface area (Å²) >= 11 is 0. The Morgan fingerprint density at radius 2 is 1.71 bits per heavy atom. The van der Waals surface area contributed by atoms with Crippen LogP contribution in [0.1, 0.15) is 39.7 Å². The second kappa shape index (κ2) is 9.89. The second-order valence-electron chi connectivity index (χ2n) is 6.78. The number of nitrogens with zero attached hydrogens (tertiary/aromatic N) is 1. The number of benzene rings is 2. The van der Waals surface area contributed by atoms with E-state index in [1.54, 1.807) is 6.07 Å². The minimum Gasteiger partial charge on any atom is -0.378 e. The third-order valence-corrected chi connectivity index (χ3v) is 6.11. The van der Waals surface area contributed by atoms with Gasteiger partial charge in [-0.1, -0.05) is 6.92 Å². The maximum absolute atomic E-state index is 13.1. The van der Waals surface area contributed by atoms with Crippen molar-refractivity contribution in [1.29, 1.82) is 0 Å². The molecule has 2 aromatic rings. The first kappa shape index (κ1) is 22.2. The highest BCUT2D eigenvalue weighted by molar-refractivity contribution is 7.87. The van der Waals surface area contributed by atoms with Gasteiger partial charge in [0.2, 0.25) is 0 Å². The molecule has 0 radical (unpaired) electrons. The Morgan fingerprint density at radius 1 is 1.07 bits per heavy atom. The molecule has 0 fully saturated rings. The molecule has 0 saturated heterocycles. The van der Waals surface area contributed by atoms with E-state index in [0.717, 1.165) is 42.9 Å². The molecule has 0 aromatic heterocycles. The van der Waals surface area contributed by atoms with Crippen LogP contribution in [0.5, 0.6) is 5.75 Å². The van der Waals surface area contributed by atoms with Gasteiger partial charge in [0, 0.05) is 24.8 Å². The average Bonchev–Trinajstić information content (AvgIpc) is 2.68. The van der Waals surface area contributed by atoms with E-state index < -0.39 is 15.9 Å². The van der Waals surface area contributed by atoms with Gasteiger partial charge in [-0.25, -0.2) is 4.39 Å². The van der Waals surface area contributed by atoms with Crippen molar-refractivity contribution < 1.29 is 22.3 Å². The van der Waals surface area contributed by atoms with E-state index in [4.69, 9.17) is 4.18 Å². The zero-order valence-corrected chi connectivity index (χ0v) is 17.8. The van der Waals surface area contributed by atoms with Gasteiger partial charge in [-0.15, -0.1) is 0 Å². The van der Waals surface area contributed by atoms with Crippen molar-refractivity contribution >= 4 is 15.8 Å². The van der Waals surface area contributed by atoms with Gasteiger partial charge >= 0.3 is 10.1 Å². The van der Waals surface area contributed by atoms with E-state index in [1.807, 2.05) is 26.0 Å². The maximum atomic E-state index is 13.1. The summed E-state index contributed by atoms with van der Waals surface area (Å²) in [5, 5.41) is 2.16. The third kappa shape index (κ3) is 5.69. The lowest BCUT2D eigenvalue weighted by Crippen LogP contribution is -2.87. The number of rotatable bonds is 10. The van der Waals surface area contributed by atoms with Crippen LogP contribution >= 0.6 is 0 Å². The zero-order chi connectivity index (χ0) is 20.7. The summed E-state index contributed by atoms with van der Waals surface area (Å²) in [4.78, 5) is 2.05. The quantitative estimate of drug-likeness (QED) is 0.612. The van der Waals surface area contributed by atoms with E-state index in [9.17, 15) is 12.8 Å². The zero-order valence-electron chi connectivity index (χ0n) is 17.0. The smallest absolute Gasteiger partial charge is 0.339 e. The molecule has 0 saturated carbocycles. The molecule has 0 aliphatic heterocycles. The molecule has 0 aliphatic rings. The molecule has 154 valence electrons. The predicted octanol–water partition coefficient (Wildman–Crippen LogP) is 3.30. The van der Waals surface area contributed by atoms with Crippen LogP contribution in [0.4, 0.5) is 10.1 Å². The van der Waals surface area contributed by atoms with Gasteiger partial charge in [0.05, 0.1) is 11.6 Å². The number of nitrogens with two attached hydrogens (primary N) is 1.